The predicted molar refractivity (Wildman–Crippen MR) is 96.1 cm³/mol. The van der Waals surface area contributed by atoms with Crippen LogP contribution in [0, 0.1) is 5.82 Å². The summed E-state index contributed by atoms with van der Waals surface area (Å²) in [6.07, 6.45) is 1.62. The van der Waals surface area contributed by atoms with Crippen LogP contribution in [-0.4, -0.2) is 39.1 Å². The van der Waals surface area contributed by atoms with Gasteiger partial charge in [-0.15, -0.1) is 0 Å². The third-order valence-corrected chi connectivity index (χ3v) is 4.78. The zero-order valence-corrected chi connectivity index (χ0v) is 14.2. The van der Waals surface area contributed by atoms with E-state index in [-0.39, 0.29) is 17.6 Å². The molecular formula is C20H19FN4O. The monoisotopic (exact) mass is 350 g/mol. The number of aromatic amines is 1. The zero-order chi connectivity index (χ0) is 17.9. The first-order valence-corrected chi connectivity index (χ1v) is 8.73. The molecule has 2 heterocycles. The number of amides is 1. The van der Waals surface area contributed by atoms with E-state index < -0.39 is 0 Å². The highest BCUT2D eigenvalue weighted by molar-refractivity contribution is 5.94. The van der Waals surface area contributed by atoms with Gasteiger partial charge in [-0.1, -0.05) is 36.4 Å². The van der Waals surface area contributed by atoms with E-state index in [2.05, 4.69) is 15.2 Å². The first kappa shape index (κ1) is 16.4. The van der Waals surface area contributed by atoms with E-state index in [9.17, 15) is 9.18 Å². The van der Waals surface area contributed by atoms with Crippen LogP contribution in [0.2, 0.25) is 0 Å². The number of nitrogens with zero attached hydrogens (tertiary/aromatic N) is 3. The molecule has 1 aromatic heterocycles. The van der Waals surface area contributed by atoms with Crippen LogP contribution < -0.4 is 0 Å². The van der Waals surface area contributed by atoms with Gasteiger partial charge in [-0.2, -0.15) is 5.10 Å². The number of benzene rings is 2. The molecule has 1 N–H and O–H groups in total. The van der Waals surface area contributed by atoms with Crippen LogP contribution in [0.4, 0.5) is 4.39 Å². The van der Waals surface area contributed by atoms with E-state index in [0.29, 0.717) is 24.5 Å². The molecule has 0 atom stereocenters. The molecule has 0 aliphatic carbocycles. The van der Waals surface area contributed by atoms with E-state index in [1.165, 1.54) is 12.1 Å². The highest BCUT2D eigenvalue weighted by Crippen LogP contribution is 2.27. The van der Waals surface area contributed by atoms with Crippen LogP contribution in [0.5, 0.6) is 0 Å². The Labute approximate surface area is 150 Å². The third kappa shape index (κ3) is 3.35. The normalized spacial score (nSPS) is 15.2. The van der Waals surface area contributed by atoms with Gasteiger partial charge in [-0.05, 0) is 31.0 Å². The van der Waals surface area contributed by atoms with E-state index >= 15 is 0 Å². The Morgan fingerprint density at radius 2 is 1.85 bits per heavy atom. The van der Waals surface area contributed by atoms with Crippen molar-refractivity contribution in [1.29, 1.82) is 0 Å². The first-order valence-electron chi connectivity index (χ1n) is 8.73. The number of likely N-dealkylation sites (tertiary alicyclic amines) is 1. The molecule has 4 rings (SSSR count). The van der Waals surface area contributed by atoms with Crippen molar-refractivity contribution in [3.05, 3.63) is 71.8 Å². The molecule has 1 aliphatic rings. The number of rotatable bonds is 3. The molecule has 5 nitrogen and oxygen atoms in total. The summed E-state index contributed by atoms with van der Waals surface area (Å²) in [7, 11) is 0. The van der Waals surface area contributed by atoms with Crippen LogP contribution >= 0.6 is 0 Å². The number of carbonyl (C=O) groups excluding carboxylic acids is 1. The lowest BCUT2D eigenvalue weighted by Gasteiger charge is -2.31. The van der Waals surface area contributed by atoms with Crippen LogP contribution in [0.15, 0.2) is 54.6 Å². The van der Waals surface area contributed by atoms with E-state index in [1.54, 1.807) is 17.0 Å². The molecular weight excluding hydrogens is 331 g/mol. The van der Waals surface area contributed by atoms with Gasteiger partial charge in [-0.25, -0.2) is 9.37 Å². The van der Waals surface area contributed by atoms with Crippen molar-refractivity contribution in [2.45, 2.75) is 18.8 Å². The lowest BCUT2D eigenvalue weighted by molar-refractivity contribution is 0.0710. The van der Waals surface area contributed by atoms with Gasteiger partial charge in [0.1, 0.15) is 11.6 Å². The van der Waals surface area contributed by atoms with Crippen molar-refractivity contribution in [2.75, 3.05) is 13.1 Å². The fraction of sp³-hybridized carbons (Fsp3) is 0.250. The summed E-state index contributed by atoms with van der Waals surface area (Å²) < 4.78 is 13.3. The maximum atomic E-state index is 13.3. The van der Waals surface area contributed by atoms with Crippen molar-refractivity contribution in [3.8, 4) is 11.4 Å². The number of nitrogens with one attached hydrogen (secondary N) is 1. The van der Waals surface area contributed by atoms with Crippen LogP contribution in [0.1, 0.15) is 34.9 Å². The van der Waals surface area contributed by atoms with E-state index in [0.717, 1.165) is 24.2 Å². The van der Waals surface area contributed by atoms with Gasteiger partial charge in [0.2, 0.25) is 0 Å². The fourth-order valence-corrected chi connectivity index (χ4v) is 3.33. The second kappa shape index (κ2) is 7.07. The third-order valence-electron chi connectivity index (χ3n) is 4.78. The second-order valence-corrected chi connectivity index (χ2v) is 6.49. The Hall–Kier alpha value is -3.02. The SMILES string of the molecule is O=C(c1cccc(F)c1)N1CCC(c2nc(-c3ccccc3)n[nH]2)CC1. The van der Waals surface area contributed by atoms with Gasteiger partial charge in [0, 0.05) is 30.1 Å². The molecule has 0 saturated carbocycles. The molecule has 1 aliphatic heterocycles. The highest BCUT2D eigenvalue weighted by atomic mass is 19.1. The number of halogens is 1. The van der Waals surface area contributed by atoms with E-state index in [1.807, 2.05) is 30.3 Å². The van der Waals surface area contributed by atoms with Crippen LogP contribution in [0.3, 0.4) is 0 Å². The summed E-state index contributed by atoms with van der Waals surface area (Å²) in [5.74, 6) is 1.29. The van der Waals surface area contributed by atoms with Crippen molar-refractivity contribution in [2.24, 2.45) is 0 Å². The Morgan fingerprint density at radius 1 is 1.08 bits per heavy atom. The quantitative estimate of drug-likeness (QED) is 0.785. The summed E-state index contributed by atoms with van der Waals surface area (Å²) in [6.45, 7) is 1.25. The molecule has 3 aromatic rings. The number of H-pyrrole nitrogens is 1. The predicted octanol–water partition coefficient (Wildman–Crippen LogP) is 3.63. The molecule has 0 unspecified atom stereocenters. The second-order valence-electron chi connectivity index (χ2n) is 6.49. The largest absolute Gasteiger partial charge is 0.339 e. The molecule has 26 heavy (non-hydrogen) atoms. The molecule has 0 bridgehead atoms. The number of aromatic nitrogens is 3. The molecule has 1 saturated heterocycles. The van der Waals surface area contributed by atoms with Crippen molar-refractivity contribution >= 4 is 5.91 Å². The summed E-state index contributed by atoms with van der Waals surface area (Å²) >= 11 is 0. The summed E-state index contributed by atoms with van der Waals surface area (Å²) in [5, 5.41) is 7.36. The molecule has 2 aromatic carbocycles. The summed E-state index contributed by atoms with van der Waals surface area (Å²) in [5.41, 5.74) is 1.38. The van der Waals surface area contributed by atoms with Gasteiger partial charge in [0.25, 0.3) is 5.91 Å². The van der Waals surface area contributed by atoms with Gasteiger partial charge in [0.05, 0.1) is 0 Å². The topological polar surface area (TPSA) is 61.9 Å². The van der Waals surface area contributed by atoms with Crippen molar-refractivity contribution in [3.63, 3.8) is 0 Å². The minimum Gasteiger partial charge on any atom is -0.339 e. The Morgan fingerprint density at radius 3 is 2.58 bits per heavy atom. The van der Waals surface area contributed by atoms with Gasteiger partial charge in [0.15, 0.2) is 5.82 Å². The highest BCUT2D eigenvalue weighted by Gasteiger charge is 2.26. The fourth-order valence-electron chi connectivity index (χ4n) is 3.33. The smallest absolute Gasteiger partial charge is 0.253 e. The molecule has 1 fully saturated rings. The van der Waals surface area contributed by atoms with Gasteiger partial charge >= 0.3 is 0 Å². The van der Waals surface area contributed by atoms with Crippen LogP contribution in [0.25, 0.3) is 11.4 Å². The Kier molecular flexibility index (Phi) is 4.48. The van der Waals surface area contributed by atoms with Crippen molar-refractivity contribution < 1.29 is 9.18 Å². The number of piperidine rings is 1. The number of hydrogen-bond donors (Lipinski definition) is 1. The molecule has 1 amide bonds. The minimum atomic E-state index is -0.388. The average Bonchev–Trinajstić information content (AvgIpc) is 3.18. The summed E-state index contributed by atoms with van der Waals surface area (Å²) in [6, 6.07) is 15.7. The first-order chi connectivity index (χ1) is 12.7. The number of carbonyl (C=O) groups is 1. The number of hydrogen-bond acceptors (Lipinski definition) is 3. The lowest BCUT2D eigenvalue weighted by atomic mass is 9.95. The summed E-state index contributed by atoms with van der Waals surface area (Å²) in [4.78, 5) is 18.9. The molecule has 0 spiro atoms. The lowest BCUT2D eigenvalue weighted by Crippen LogP contribution is -2.38. The molecule has 0 radical (unpaired) electrons. The minimum absolute atomic E-state index is 0.120. The molecule has 132 valence electrons. The Bertz CT molecular complexity index is 901. The molecule has 6 heteroatoms. The Balaban J connectivity index is 1.41. The maximum absolute atomic E-state index is 13.3. The standard InChI is InChI=1S/C20H19FN4O/c21-17-8-4-7-16(13-17)20(26)25-11-9-15(10-12-25)19-22-18(23-24-19)14-5-2-1-3-6-14/h1-8,13,15H,9-12H2,(H,22,23,24). The van der Waals surface area contributed by atoms with Crippen molar-refractivity contribution in [1.82, 2.24) is 20.1 Å². The van der Waals surface area contributed by atoms with Gasteiger partial charge in [-0.3, -0.25) is 9.89 Å². The van der Waals surface area contributed by atoms with Gasteiger partial charge < -0.3 is 4.90 Å². The maximum Gasteiger partial charge on any atom is 0.253 e. The van der Waals surface area contributed by atoms with E-state index in [4.69, 9.17) is 0 Å². The zero-order valence-electron chi connectivity index (χ0n) is 14.2. The van der Waals surface area contributed by atoms with Crippen LogP contribution in [-0.2, 0) is 0 Å². The average molecular weight is 350 g/mol.